The first-order valence-corrected chi connectivity index (χ1v) is 28.4. The number of carbonyl (C=O) groups is 1. The molecule has 0 atom stereocenters. The number of phenolic OH excluding ortho intramolecular Hbond substituents is 1. The Morgan fingerprint density at radius 3 is 1.12 bits per heavy atom. The predicted octanol–water partition coefficient (Wildman–Crippen LogP) is 19.4. The second-order valence-corrected chi connectivity index (χ2v) is 25.2. The smallest absolute Gasteiger partial charge is 0.248 e. The molecular formula is C73H109N3O4. The Balaban J connectivity index is 0. The van der Waals surface area contributed by atoms with Crippen LogP contribution in [-0.2, 0) is 39.1 Å². The monoisotopic (exact) mass is 1090 g/mol. The van der Waals surface area contributed by atoms with Crippen LogP contribution in [0.5, 0.6) is 11.6 Å². The van der Waals surface area contributed by atoms with Crippen molar-refractivity contribution in [2.45, 2.75) is 205 Å². The van der Waals surface area contributed by atoms with Crippen LogP contribution in [0.3, 0.4) is 0 Å². The van der Waals surface area contributed by atoms with E-state index in [0.29, 0.717) is 17.2 Å². The highest BCUT2D eigenvalue weighted by Crippen LogP contribution is 2.27. The van der Waals surface area contributed by atoms with Gasteiger partial charge in [0.15, 0.2) is 0 Å². The lowest BCUT2D eigenvalue weighted by molar-refractivity contribution is 0.1000. The molecule has 80 heavy (non-hydrogen) atoms. The minimum absolute atomic E-state index is 0.0610. The first-order valence-electron chi connectivity index (χ1n) is 28.4. The Bertz CT molecular complexity index is 2520. The molecule has 5 aromatic carbocycles. The Labute approximate surface area is 489 Å². The second kappa shape index (κ2) is 36.6. The average molecular weight is 1090 g/mol. The summed E-state index contributed by atoms with van der Waals surface area (Å²) in [5.74, 6) is 0.658. The third-order valence-electron chi connectivity index (χ3n) is 11.8. The summed E-state index contributed by atoms with van der Waals surface area (Å²) in [5, 5.41) is 18.1. The molecule has 440 valence electrons. The standard InChI is InChI=1S/C11H15NO.C11H16O.C11H16.C10H15NO.C10H15N.C10H14O.C6H6.2C2H6/c1-11(2,3)9-6-4-5-8(7-9)10(12)13;1-11(2,3)10-6-4-5-9(7-10)8-12;1-9-6-5-7-10(8-9)11(2,3)4;1-10(2,3)8-5-6-11-9(7-8)12-4;1-8-7-9(5-6-11-8)10(2,3)4;1-10(2,3)8-5-4-6-9(11)7-8;1-2-4-6-5-3-1;2*1-2/h4-7H,1-3H3,(H2,12,13);4-7,12H,8H2,1-3H3;5-8H,1-4H3;5-7H,1-4H3;5-7H,1-4H3;4-7,11H,1-3H3;1-6H;2*1-2H3. The molecule has 0 unspecified atom stereocenters. The van der Waals surface area contributed by atoms with Gasteiger partial charge in [0.05, 0.1) is 13.7 Å². The Morgan fingerprint density at radius 1 is 0.438 bits per heavy atom. The van der Waals surface area contributed by atoms with Crippen molar-refractivity contribution in [1.29, 1.82) is 0 Å². The van der Waals surface area contributed by atoms with Crippen LogP contribution < -0.4 is 10.5 Å². The lowest BCUT2D eigenvalue weighted by Gasteiger charge is -2.19. The first-order chi connectivity index (χ1) is 37.0. The van der Waals surface area contributed by atoms with Crippen molar-refractivity contribution in [1.82, 2.24) is 9.97 Å². The quantitative estimate of drug-likeness (QED) is 0.162. The molecule has 7 heteroatoms. The number of primary amides is 1. The molecule has 0 radical (unpaired) electrons. The number of aromatic nitrogens is 2. The van der Waals surface area contributed by atoms with Crippen LogP contribution >= 0.6 is 0 Å². The molecule has 0 bridgehead atoms. The third-order valence-corrected chi connectivity index (χ3v) is 11.8. The van der Waals surface area contributed by atoms with Crippen molar-refractivity contribution in [2.75, 3.05) is 7.11 Å². The molecule has 0 aliphatic carbocycles. The van der Waals surface area contributed by atoms with Gasteiger partial charge in [-0.3, -0.25) is 9.78 Å². The normalized spacial score (nSPS) is 10.8. The van der Waals surface area contributed by atoms with Gasteiger partial charge >= 0.3 is 0 Å². The number of ether oxygens (including phenoxy) is 1. The Hall–Kier alpha value is -6.57. The number of hydrogen-bond acceptors (Lipinski definition) is 6. The molecule has 0 saturated carbocycles. The largest absolute Gasteiger partial charge is 0.508 e. The fraction of sp³-hybridized carbons (Fsp3) is 0.438. The summed E-state index contributed by atoms with van der Waals surface area (Å²) in [5.41, 5.74) is 17.8. The van der Waals surface area contributed by atoms with Gasteiger partial charge in [0.25, 0.3) is 0 Å². The maximum Gasteiger partial charge on any atom is 0.248 e. The molecular weight excluding hydrogens is 983 g/mol. The van der Waals surface area contributed by atoms with E-state index in [1.807, 2.05) is 132 Å². The number of hydrogen-bond donors (Lipinski definition) is 3. The number of amides is 1. The van der Waals surface area contributed by atoms with Gasteiger partial charge in [-0.05, 0) is 128 Å². The van der Waals surface area contributed by atoms with E-state index in [-0.39, 0.29) is 45.0 Å². The molecule has 0 aliphatic heterocycles. The van der Waals surface area contributed by atoms with Gasteiger partial charge in [0.2, 0.25) is 11.8 Å². The van der Waals surface area contributed by atoms with Crippen molar-refractivity contribution in [3.05, 3.63) is 226 Å². The molecule has 0 fully saturated rings. The summed E-state index contributed by atoms with van der Waals surface area (Å²) in [4.78, 5) is 19.1. The van der Waals surface area contributed by atoms with E-state index in [0.717, 1.165) is 22.4 Å². The third kappa shape index (κ3) is 33.1. The van der Waals surface area contributed by atoms with E-state index in [1.54, 1.807) is 31.5 Å². The van der Waals surface area contributed by atoms with Gasteiger partial charge in [-0.2, -0.15) is 0 Å². The molecule has 0 saturated heterocycles. The summed E-state index contributed by atoms with van der Waals surface area (Å²) in [6.45, 7) is 51.3. The van der Waals surface area contributed by atoms with Crippen molar-refractivity contribution >= 4 is 5.91 Å². The number of methoxy groups -OCH3 is 1. The van der Waals surface area contributed by atoms with E-state index >= 15 is 0 Å². The molecule has 1 amide bonds. The number of phenols is 1. The highest BCUT2D eigenvalue weighted by atomic mass is 16.5. The summed E-state index contributed by atoms with van der Waals surface area (Å²) < 4.78 is 5.04. The molecule has 0 aliphatic rings. The van der Waals surface area contributed by atoms with Crippen LogP contribution in [0.1, 0.15) is 213 Å². The maximum absolute atomic E-state index is 10.9. The van der Waals surface area contributed by atoms with Crippen LogP contribution in [0.25, 0.3) is 0 Å². The number of nitrogens with zero attached hydrogens (tertiary/aromatic N) is 2. The van der Waals surface area contributed by atoms with Crippen LogP contribution in [0, 0.1) is 13.8 Å². The predicted molar refractivity (Wildman–Crippen MR) is 348 cm³/mol. The average Bonchev–Trinajstić information content (AvgIpc) is 3.40. The molecule has 7 aromatic rings. The Kier molecular flexibility index (Phi) is 34.6. The SMILES string of the molecule is CC.CC.CC(C)(C)c1cccc(C(N)=O)c1.CC(C)(C)c1cccc(CO)c1.CC(C)(C)c1cccc(O)c1.COc1cc(C(C)(C)C)ccn1.Cc1cc(C(C)(C)C)ccn1.Cc1cccc(C(C)(C)C)c1.c1ccccc1. The van der Waals surface area contributed by atoms with Crippen LogP contribution in [0.4, 0.5) is 0 Å². The number of rotatable bonds is 3. The molecule has 4 N–H and O–H groups in total. The number of aliphatic hydroxyl groups is 1. The molecule has 7 rings (SSSR count). The van der Waals surface area contributed by atoms with Crippen molar-refractivity contribution < 1.29 is 19.7 Å². The molecule has 7 nitrogen and oxygen atoms in total. The van der Waals surface area contributed by atoms with Crippen molar-refractivity contribution in [3.8, 4) is 11.6 Å². The number of nitrogens with two attached hydrogens (primary N) is 1. The van der Waals surface area contributed by atoms with Crippen LogP contribution in [0.15, 0.2) is 170 Å². The number of pyridine rings is 2. The molecule has 2 aromatic heterocycles. The number of aromatic hydroxyl groups is 1. The fourth-order valence-electron chi connectivity index (χ4n) is 6.74. The highest BCUT2D eigenvalue weighted by Gasteiger charge is 2.17. The van der Waals surface area contributed by atoms with Gasteiger partial charge in [-0.25, -0.2) is 4.98 Å². The zero-order valence-corrected chi connectivity index (χ0v) is 54.6. The van der Waals surface area contributed by atoms with Gasteiger partial charge in [0.1, 0.15) is 5.75 Å². The summed E-state index contributed by atoms with van der Waals surface area (Å²) in [6, 6.07) is 51.8. The van der Waals surface area contributed by atoms with Gasteiger partial charge in [0, 0.05) is 29.7 Å². The highest BCUT2D eigenvalue weighted by molar-refractivity contribution is 5.92. The minimum atomic E-state index is -0.369. The fourth-order valence-corrected chi connectivity index (χ4v) is 6.74. The number of aliphatic hydroxyl groups excluding tert-OH is 1. The second-order valence-electron chi connectivity index (χ2n) is 25.2. The zero-order chi connectivity index (χ0) is 62.1. The summed E-state index contributed by atoms with van der Waals surface area (Å²) >= 11 is 0. The molecule has 2 heterocycles. The summed E-state index contributed by atoms with van der Waals surface area (Å²) in [6.07, 6.45) is 3.65. The zero-order valence-electron chi connectivity index (χ0n) is 54.6. The van der Waals surface area contributed by atoms with E-state index in [1.165, 1.54) is 27.8 Å². The first kappa shape index (κ1) is 75.5. The van der Waals surface area contributed by atoms with Gasteiger partial charge < -0.3 is 20.7 Å². The number of aryl methyl sites for hydroxylation is 2. The van der Waals surface area contributed by atoms with Crippen LogP contribution in [-0.4, -0.2) is 33.2 Å². The van der Waals surface area contributed by atoms with E-state index < -0.39 is 0 Å². The lowest BCUT2D eigenvalue weighted by atomic mass is 9.86. The van der Waals surface area contributed by atoms with E-state index in [9.17, 15) is 9.90 Å². The van der Waals surface area contributed by atoms with Crippen molar-refractivity contribution in [3.63, 3.8) is 0 Å². The Morgan fingerprint density at radius 2 is 0.787 bits per heavy atom. The van der Waals surface area contributed by atoms with Crippen LogP contribution in [0.2, 0.25) is 0 Å². The number of carbonyl (C=O) groups excluding carboxylic acids is 1. The van der Waals surface area contributed by atoms with Gasteiger partial charge in [-0.1, -0.05) is 267 Å². The maximum atomic E-state index is 10.9. The lowest BCUT2D eigenvalue weighted by Crippen LogP contribution is -2.15. The topological polar surface area (TPSA) is 119 Å². The van der Waals surface area contributed by atoms with E-state index in [4.69, 9.17) is 15.6 Å². The number of benzene rings is 5. The minimum Gasteiger partial charge on any atom is -0.508 e. The molecule has 0 spiro atoms. The van der Waals surface area contributed by atoms with Crippen molar-refractivity contribution in [2.24, 2.45) is 5.73 Å². The van der Waals surface area contributed by atoms with E-state index in [2.05, 4.69) is 190 Å². The van der Waals surface area contributed by atoms with Gasteiger partial charge in [-0.15, -0.1) is 0 Å². The summed E-state index contributed by atoms with van der Waals surface area (Å²) in [7, 11) is 1.63.